The van der Waals surface area contributed by atoms with Crippen LogP contribution >= 0.6 is 0 Å². The number of rotatable bonds is 2. The van der Waals surface area contributed by atoms with Crippen molar-refractivity contribution in [2.45, 2.75) is 12.5 Å². The lowest BCUT2D eigenvalue weighted by atomic mass is 10.1. The van der Waals surface area contributed by atoms with Gasteiger partial charge in [-0.2, -0.15) is 10.2 Å². The van der Waals surface area contributed by atoms with Gasteiger partial charge in [-0.3, -0.25) is 0 Å². The fraction of sp³-hybridized carbons (Fsp3) is 0.167. The highest BCUT2D eigenvalue weighted by Gasteiger charge is 2.01. The molecule has 1 aromatic carbocycles. The van der Waals surface area contributed by atoms with E-state index in [1.807, 2.05) is 42.5 Å². The van der Waals surface area contributed by atoms with Gasteiger partial charge in [0.2, 0.25) is 0 Å². The molecule has 2 rings (SSSR count). The van der Waals surface area contributed by atoms with Gasteiger partial charge < -0.3 is 5.73 Å². The maximum atomic E-state index is 5.57. The smallest absolute Gasteiger partial charge is 0.0930 e. The lowest BCUT2D eigenvalue weighted by Gasteiger charge is -2.04. The van der Waals surface area contributed by atoms with E-state index in [9.17, 15) is 0 Å². The van der Waals surface area contributed by atoms with Crippen molar-refractivity contribution < 1.29 is 0 Å². The van der Waals surface area contributed by atoms with Gasteiger partial charge in [0.15, 0.2) is 0 Å². The Morgan fingerprint density at radius 1 is 1.13 bits per heavy atom. The molecule has 2 N–H and O–H groups in total. The highest BCUT2D eigenvalue weighted by atomic mass is 15.1. The standard InChI is InChI=1S/C12H13N3/c13-10-6-8-12(9-7-10)15-14-11-4-2-1-3-5-11/h1-4,6-9,11H,5,13H2. The predicted octanol–water partition coefficient (Wildman–Crippen LogP) is 3.24. The SMILES string of the molecule is Nc1ccc(N=NC2C=CC=CC2)cc1. The zero-order valence-electron chi connectivity index (χ0n) is 8.38. The molecule has 1 aromatic rings. The molecule has 1 aliphatic rings. The lowest BCUT2D eigenvalue weighted by Crippen LogP contribution is -1.98. The van der Waals surface area contributed by atoms with Crippen LogP contribution in [-0.2, 0) is 0 Å². The highest BCUT2D eigenvalue weighted by Crippen LogP contribution is 2.16. The molecule has 0 heterocycles. The summed E-state index contributed by atoms with van der Waals surface area (Å²) in [6.45, 7) is 0. The van der Waals surface area contributed by atoms with Crippen LogP contribution in [0.25, 0.3) is 0 Å². The number of benzene rings is 1. The van der Waals surface area contributed by atoms with Crippen molar-refractivity contribution in [2.75, 3.05) is 5.73 Å². The van der Waals surface area contributed by atoms with E-state index in [1.54, 1.807) is 0 Å². The molecule has 0 spiro atoms. The van der Waals surface area contributed by atoms with Gasteiger partial charge in [0.1, 0.15) is 0 Å². The van der Waals surface area contributed by atoms with Crippen LogP contribution in [0.5, 0.6) is 0 Å². The molecule has 1 atom stereocenters. The van der Waals surface area contributed by atoms with Crippen molar-refractivity contribution in [3.05, 3.63) is 48.6 Å². The highest BCUT2D eigenvalue weighted by molar-refractivity contribution is 5.47. The van der Waals surface area contributed by atoms with Crippen LogP contribution in [0.2, 0.25) is 0 Å². The molecule has 15 heavy (non-hydrogen) atoms. The third-order valence-electron chi connectivity index (χ3n) is 2.17. The molecule has 3 heteroatoms. The second-order valence-electron chi connectivity index (χ2n) is 3.42. The molecular weight excluding hydrogens is 186 g/mol. The summed E-state index contributed by atoms with van der Waals surface area (Å²) in [7, 11) is 0. The van der Waals surface area contributed by atoms with Gasteiger partial charge >= 0.3 is 0 Å². The van der Waals surface area contributed by atoms with Crippen molar-refractivity contribution >= 4 is 11.4 Å². The number of hydrogen-bond acceptors (Lipinski definition) is 3. The average molecular weight is 199 g/mol. The Morgan fingerprint density at radius 2 is 1.93 bits per heavy atom. The number of nitrogens with two attached hydrogens (primary N) is 1. The number of allylic oxidation sites excluding steroid dienone is 2. The Labute approximate surface area is 89.0 Å². The molecule has 1 unspecified atom stereocenters. The van der Waals surface area contributed by atoms with E-state index in [-0.39, 0.29) is 6.04 Å². The third kappa shape index (κ3) is 2.77. The van der Waals surface area contributed by atoms with Gasteiger partial charge in [0.05, 0.1) is 11.7 Å². The number of hydrogen-bond donors (Lipinski definition) is 1. The summed E-state index contributed by atoms with van der Waals surface area (Å²) in [5.74, 6) is 0. The van der Waals surface area contributed by atoms with E-state index < -0.39 is 0 Å². The first-order valence-electron chi connectivity index (χ1n) is 4.94. The Balaban J connectivity index is 2.02. The van der Waals surface area contributed by atoms with Crippen LogP contribution in [0.3, 0.4) is 0 Å². The van der Waals surface area contributed by atoms with Gasteiger partial charge in [0.25, 0.3) is 0 Å². The monoisotopic (exact) mass is 199 g/mol. The molecule has 0 fully saturated rings. The molecular formula is C12H13N3. The molecule has 0 saturated heterocycles. The van der Waals surface area contributed by atoms with Crippen LogP contribution in [0.4, 0.5) is 11.4 Å². The lowest BCUT2D eigenvalue weighted by molar-refractivity contribution is 0.776. The van der Waals surface area contributed by atoms with Gasteiger partial charge in [0, 0.05) is 5.69 Å². The number of nitrogens with zero attached hydrogens (tertiary/aromatic N) is 2. The summed E-state index contributed by atoms with van der Waals surface area (Å²) in [5.41, 5.74) is 7.16. The summed E-state index contributed by atoms with van der Waals surface area (Å²) in [4.78, 5) is 0. The maximum Gasteiger partial charge on any atom is 0.0930 e. The van der Waals surface area contributed by atoms with Crippen LogP contribution in [0.15, 0.2) is 58.8 Å². The molecule has 0 amide bonds. The molecule has 0 bridgehead atoms. The summed E-state index contributed by atoms with van der Waals surface area (Å²) in [5, 5.41) is 8.38. The third-order valence-corrected chi connectivity index (χ3v) is 2.17. The first kappa shape index (κ1) is 9.65. The number of anilines is 1. The summed E-state index contributed by atoms with van der Waals surface area (Å²) in [6.07, 6.45) is 9.08. The molecule has 1 aliphatic carbocycles. The summed E-state index contributed by atoms with van der Waals surface area (Å²) in [6, 6.07) is 7.55. The zero-order valence-corrected chi connectivity index (χ0v) is 8.38. The average Bonchev–Trinajstić information content (AvgIpc) is 2.30. The van der Waals surface area contributed by atoms with Crippen molar-refractivity contribution in [2.24, 2.45) is 10.2 Å². The van der Waals surface area contributed by atoms with Crippen molar-refractivity contribution in [3.8, 4) is 0 Å². The van der Waals surface area contributed by atoms with Gasteiger partial charge in [-0.25, -0.2) is 0 Å². The minimum Gasteiger partial charge on any atom is -0.399 e. The quantitative estimate of drug-likeness (QED) is 0.577. The molecule has 0 aliphatic heterocycles. The fourth-order valence-electron chi connectivity index (χ4n) is 1.33. The second kappa shape index (κ2) is 4.55. The molecule has 3 nitrogen and oxygen atoms in total. The Kier molecular flexibility index (Phi) is 2.93. The Morgan fingerprint density at radius 3 is 2.60 bits per heavy atom. The Bertz CT molecular complexity index is 401. The van der Waals surface area contributed by atoms with Gasteiger partial charge in [-0.15, -0.1) is 0 Å². The van der Waals surface area contributed by atoms with E-state index in [1.165, 1.54) is 0 Å². The minimum absolute atomic E-state index is 0.174. The number of azo groups is 1. The van der Waals surface area contributed by atoms with Crippen molar-refractivity contribution in [1.29, 1.82) is 0 Å². The minimum atomic E-state index is 0.174. The van der Waals surface area contributed by atoms with Crippen LogP contribution in [-0.4, -0.2) is 6.04 Å². The topological polar surface area (TPSA) is 50.7 Å². The first-order valence-corrected chi connectivity index (χ1v) is 4.94. The normalized spacial score (nSPS) is 19.9. The zero-order chi connectivity index (χ0) is 10.5. The molecule has 0 radical (unpaired) electrons. The molecule has 76 valence electrons. The Hall–Kier alpha value is -1.90. The summed E-state index contributed by atoms with van der Waals surface area (Å²) >= 11 is 0. The van der Waals surface area contributed by atoms with Crippen LogP contribution < -0.4 is 5.73 Å². The van der Waals surface area contributed by atoms with E-state index >= 15 is 0 Å². The molecule has 0 saturated carbocycles. The second-order valence-corrected chi connectivity index (χ2v) is 3.42. The molecule has 0 aromatic heterocycles. The maximum absolute atomic E-state index is 5.57. The number of nitrogen functional groups attached to an aromatic ring is 1. The van der Waals surface area contributed by atoms with Crippen LogP contribution in [0.1, 0.15) is 6.42 Å². The van der Waals surface area contributed by atoms with Gasteiger partial charge in [-0.1, -0.05) is 24.3 Å². The van der Waals surface area contributed by atoms with Crippen LogP contribution in [0, 0.1) is 0 Å². The summed E-state index contributed by atoms with van der Waals surface area (Å²) < 4.78 is 0. The van der Waals surface area contributed by atoms with E-state index in [0.29, 0.717) is 0 Å². The fourth-order valence-corrected chi connectivity index (χ4v) is 1.33. The van der Waals surface area contributed by atoms with Gasteiger partial charge in [-0.05, 0) is 30.7 Å². The van der Waals surface area contributed by atoms with Crippen molar-refractivity contribution in [1.82, 2.24) is 0 Å². The van der Waals surface area contributed by atoms with E-state index in [0.717, 1.165) is 17.8 Å². The van der Waals surface area contributed by atoms with E-state index in [4.69, 9.17) is 5.73 Å². The first-order chi connectivity index (χ1) is 7.34. The predicted molar refractivity (Wildman–Crippen MR) is 62.1 cm³/mol. The van der Waals surface area contributed by atoms with E-state index in [2.05, 4.69) is 16.3 Å². The largest absolute Gasteiger partial charge is 0.399 e. The van der Waals surface area contributed by atoms with Crippen molar-refractivity contribution in [3.63, 3.8) is 0 Å².